The number of ether oxygens (including phenoxy) is 3. The number of hydrogen-bond acceptors (Lipinski definition) is 5. The van der Waals surface area contributed by atoms with Gasteiger partial charge in [0.1, 0.15) is 12.4 Å². The Balaban J connectivity index is 1.52. The molecule has 6 nitrogen and oxygen atoms in total. The van der Waals surface area contributed by atoms with Crippen molar-refractivity contribution in [1.29, 1.82) is 0 Å². The average molecular weight is 383 g/mol. The maximum Gasteiger partial charge on any atom is 0.260 e. The van der Waals surface area contributed by atoms with Crippen LogP contribution in [0.3, 0.4) is 0 Å². The van der Waals surface area contributed by atoms with Crippen molar-refractivity contribution in [2.45, 2.75) is 26.4 Å². The fourth-order valence-corrected chi connectivity index (χ4v) is 2.98. The number of hydrogen-bond donors (Lipinski definition) is 0. The van der Waals surface area contributed by atoms with Gasteiger partial charge in [-0.1, -0.05) is 19.1 Å². The second-order valence-electron chi connectivity index (χ2n) is 6.52. The Hall–Kier alpha value is -3.02. The van der Waals surface area contributed by atoms with Gasteiger partial charge in [-0.25, -0.2) is 0 Å². The highest BCUT2D eigenvalue weighted by Gasteiger charge is 2.25. The van der Waals surface area contributed by atoms with Gasteiger partial charge in [-0.3, -0.25) is 9.59 Å². The predicted octanol–water partition coefficient (Wildman–Crippen LogP) is 3.35. The zero-order valence-corrected chi connectivity index (χ0v) is 16.2. The summed E-state index contributed by atoms with van der Waals surface area (Å²) in [6, 6.07) is 14.4. The van der Waals surface area contributed by atoms with Crippen molar-refractivity contribution in [3.63, 3.8) is 0 Å². The van der Waals surface area contributed by atoms with Gasteiger partial charge < -0.3 is 19.1 Å². The highest BCUT2D eigenvalue weighted by Crippen LogP contribution is 2.31. The Morgan fingerprint density at radius 2 is 1.79 bits per heavy atom. The minimum absolute atomic E-state index is 0.0704. The summed E-state index contributed by atoms with van der Waals surface area (Å²) < 4.78 is 17.2. The zero-order valence-electron chi connectivity index (χ0n) is 16.2. The van der Waals surface area contributed by atoms with Crippen molar-refractivity contribution in [2.75, 3.05) is 26.3 Å². The van der Waals surface area contributed by atoms with E-state index in [4.69, 9.17) is 14.2 Å². The third-order valence-corrected chi connectivity index (χ3v) is 4.59. The summed E-state index contributed by atoms with van der Waals surface area (Å²) in [5.74, 6) is 1.93. The lowest BCUT2D eigenvalue weighted by Gasteiger charge is -2.30. The van der Waals surface area contributed by atoms with Crippen LogP contribution in [0.15, 0.2) is 48.5 Å². The summed E-state index contributed by atoms with van der Waals surface area (Å²) in [6.45, 7) is 5.04. The molecule has 0 aromatic heterocycles. The highest BCUT2D eigenvalue weighted by atomic mass is 16.6. The number of fused-ring (bicyclic) bond motifs is 1. The molecule has 0 radical (unpaired) electrons. The number of Topliss-reactive ketones (excluding diaryl/α,β-unsaturated/α-hetero) is 1. The highest BCUT2D eigenvalue weighted by molar-refractivity contribution is 5.95. The summed E-state index contributed by atoms with van der Waals surface area (Å²) in [5.41, 5.74) is 0.645. The van der Waals surface area contributed by atoms with Gasteiger partial charge in [-0.2, -0.15) is 0 Å². The molecule has 0 N–H and O–H groups in total. The van der Waals surface area contributed by atoms with E-state index in [1.54, 1.807) is 29.2 Å². The standard InChI is InChI=1S/C22H25NO5/c1-3-19(24)16-9-11-17(12-10-16)26-15-22(25)23(4-2)13-18-14-27-20-7-5-6-8-21(20)28-18/h5-12,18H,3-4,13-15H2,1-2H3/t18-/m0/s1. The summed E-state index contributed by atoms with van der Waals surface area (Å²) >= 11 is 0. The van der Waals surface area contributed by atoms with Crippen molar-refractivity contribution in [3.05, 3.63) is 54.1 Å². The van der Waals surface area contributed by atoms with Crippen LogP contribution in [-0.2, 0) is 4.79 Å². The molecule has 0 saturated carbocycles. The number of ketones is 1. The van der Waals surface area contributed by atoms with Crippen LogP contribution in [0.1, 0.15) is 30.6 Å². The number of nitrogens with zero attached hydrogens (tertiary/aromatic N) is 1. The van der Waals surface area contributed by atoms with E-state index in [9.17, 15) is 9.59 Å². The number of rotatable bonds is 8. The number of carbonyl (C=O) groups is 2. The van der Waals surface area contributed by atoms with Crippen molar-refractivity contribution in [1.82, 2.24) is 4.90 Å². The van der Waals surface area contributed by atoms with Gasteiger partial charge >= 0.3 is 0 Å². The normalized spacial score (nSPS) is 15.0. The first-order valence-electron chi connectivity index (χ1n) is 9.53. The molecule has 2 aromatic rings. The monoisotopic (exact) mass is 383 g/mol. The molecule has 0 spiro atoms. The predicted molar refractivity (Wildman–Crippen MR) is 105 cm³/mol. The molecule has 148 valence electrons. The third kappa shape index (κ3) is 4.82. The molecule has 1 amide bonds. The van der Waals surface area contributed by atoms with Gasteiger partial charge in [0, 0.05) is 18.5 Å². The molecular weight excluding hydrogens is 358 g/mol. The zero-order chi connectivity index (χ0) is 19.9. The van der Waals surface area contributed by atoms with Gasteiger partial charge in [0.05, 0.1) is 6.54 Å². The van der Waals surface area contributed by atoms with E-state index < -0.39 is 0 Å². The van der Waals surface area contributed by atoms with E-state index in [-0.39, 0.29) is 24.4 Å². The molecule has 28 heavy (non-hydrogen) atoms. The van der Waals surface area contributed by atoms with Gasteiger partial charge in [-0.15, -0.1) is 0 Å². The first-order chi connectivity index (χ1) is 13.6. The molecule has 0 unspecified atom stereocenters. The van der Waals surface area contributed by atoms with Crippen LogP contribution in [0.25, 0.3) is 0 Å². The van der Waals surface area contributed by atoms with Crippen molar-refractivity contribution in [2.24, 2.45) is 0 Å². The molecular formula is C22H25NO5. The van der Waals surface area contributed by atoms with Gasteiger partial charge in [0.2, 0.25) is 0 Å². The van der Waals surface area contributed by atoms with Crippen molar-refractivity contribution < 1.29 is 23.8 Å². The molecule has 1 atom stereocenters. The summed E-state index contributed by atoms with van der Waals surface area (Å²) in [5, 5.41) is 0. The topological polar surface area (TPSA) is 65.1 Å². The number of amides is 1. The van der Waals surface area contributed by atoms with E-state index in [1.165, 1.54) is 0 Å². The molecule has 1 heterocycles. The minimum Gasteiger partial charge on any atom is -0.486 e. The Kier molecular flexibility index (Phi) is 6.53. The number of likely N-dealkylation sites (N-methyl/N-ethyl adjacent to an activating group) is 1. The molecule has 0 saturated heterocycles. The van der Waals surface area contributed by atoms with Crippen LogP contribution in [0, 0.1) is 0 Å². The third-order valence-electron chi connectivity index (χ3n) is 4.59. The Morgan fingerprint density at radius 1 is 1.07 bits per heavy atom. The van der Waals surface area contributed by atoms with E-state index in [2.05, 4.69) is 0 Å². The maximum absolute atomic E-state index is 12.5. The van der Waals surface area contributed by atoms with Crippen LogP contribution in [0.4, 0.5) is 0 Å². The van der Waals surface area contributed by atoms with Gasteiger partial charge in [0.25, 0.3) is 5.91 Å². The smallest absolute Gasteiger partial charge is 0.260 e. The van der Waals surface area contributed by atoms with E-state index in [0.717, 1.165) is 5.75 Å². The van der Waals surface area contributed by atoms with Crippen LogP contribution < -0.4 is 14.2 Å². The molecule has 1 aliphatic rings. The molecule has 6 heteroatoms. The minimum atomic E-state index is -0.224. The van der Waals surface area contributed by atoms with Crippen LogP contribution in [0.5, 0.6) is 17.2 Å². The SMILES string of the molecule is CCC(=O)c1ccc(OCC(=O)N(CC)C[C@H]2COc3ccccc3O2)cc1. The molecule has 1 aliphatic heterocycles. The lowest BCUT2D eigenvalue weighted by Crippen LogP contribution is -2.45. The quantitative estimate of drug-likeness (QED) is 0.654. The summed E-state index contributed by atoms with van der Waals surface area (Å²) in [6.07, 6.45) is 0.236. The van der Waals surface area contributed by atoms with Crippen LogP contribution in [0.2, 0.25) is 0 Å². The molecule has 0 fully saturated rings. The fraction of sp³-hybridized carbons (Fsp3) is 0.364. The lowest BCUT2D eigenvalue weighted by atomic mass is 10.1. The van der Waals surface area contributed by atoms with Crippen LogP contribution >= 0.6 is 0 Å². The first kappa shape index (κ1) is 19.7. The summed E-state index contributed by atoms with van der Waals surface area (Å²) in [4.78, 5) is 25.9. The van der Waals surface area contributed by atoms with E-state index in [0.29, 0.717) is 43.2 Å². The second-order valence-corrected chi connectivity index (χ2v) is 6.52. The average Bonchev–Trinajstić information content (AvgIpc) is 2.75. The lowest BCUT2D eigenvalue weighted by molar-refractivity contribution is -0.134. The fourth-order valence-electron chi connectivity index (χ4n) is 2.98. The molecule has 0 bridgehead atoms. The largest absolute Gasteiger partial charge is 0.486 e. The Labute approximate surface area is 165 Å². The number of benzene rings is 2. The van der Waals surface area contributed by atoms with E-state index >= 15 is 0 Å². The molecule has 2 aromatic carbocycles. The maximum atomic E-state index is 12.5. The van der Waals surface area contributed by atoms with Gasteiger partial charge in [0.15, 0.2) is 30.0 Å². The number of para-hydroxylation sites is 2. The summed E-state index contributed by atoms with van der Waals surface area (Å²) in [7, 11) is 0. The molecule has 3 rings (SSSR count). The van der Waals surface area contributed by atoms with Gasteiger partial charge in [-0.05, 0) is 43.3 Å². The van der Waals surface area contributed by atoms with Crippen LogP contribution in [-0.4, -0.2) is 49.0 Å². The second kappa shape index (κ2) is 9.26. The van der Waals surface area contributed by atoms with Crippen molar-refractivity contribution in [3.8, 4) is 17.2 Å². The molecule has 0 aliphatic carbocycles. The number of carbonyl (C=O) groups excluding carboxylic acids is 2. The Bertz CT molecular complexity index is 818. The Morgan fingerprint density at radius 3 is 2.46 bits per heavy atom. The van der Waals surface area contributed by atoms with E-state index in [1.807, 2.05) is 38.1 Å². The first-order valence-corrected chi connectivity index (χ1v) is 9.53. The van der Waals surface area contributed by atoms with Crippen molar-refractivity contribution >= 4 is 11.7 Å².